The minimum Gasteiger partial charge on any atom is -0.531 e. The third kappa shape index (κ3) is 8.92. The van der Waals surface area contributed by atoms with E-state index < -0.39 is 20.2 Å². The van der Waals surface area contributed by atoms with Crippen molar-refractivity contribution in [2.45, 2.75) is 26.7 Å². The van der Waals surface area contributed by atoms with E-state index in [0.29, 0.717) is 46.9 Å². The molecule has 0 aliphatic carbocycles. The molecule has 10 rings (SSSR count). The van der Waals surface area contributed by atoms with Gasteiger partial charge < -0.3 is 44.6 Å². The number of aromatic carboxylic acids is 1. The van der Waals surface area contributed by atoms with E-state index in [-0.39, 0.29) is 28.8 Å². The molecule has 4 atom stereocenters. The molecule has 60 heavy (non-hydrogen) atoms. The Balaban J connectivity index is 0.000000153. The zero-order chi connectivity index (χ0) is 41.0. The van der Waals surface area contributed by atoms with Crippen LogP contribution >= 0.6 is 17.0 Å². The molecule has 4 aliphatic rings. The third-order valence-corrected chi connectivity index (χ3v) is 11.7. The number of aromatic nitrogens is 4. The van der Waals surface area contributed by atoms with Crippen molar-refractivity contribution in [2.24, 2.45) is 23.7 Å². The summed E-state index contributed by atoms with van der Waals surface area (Å²) in [4.78, 5) is 40.2. The van der Waals surface area contributed by atoms with Crippen LogP contribution in [0.25, 0.3) is 33.2 Å². The largest absolute Gasteiger partial charge is 0.552 e. The number of carboxylic acids is 1. The number of aromatic amines is 2. The molecule has 2 aromatic carbocycles. The van der Waals surface area contributed by atoms with Gasteiger partial charge in [-0.2, -0.15) is 0 Å². The van der Waals surface area contributed by atoms with Crippen LogP contribution in [0.5, 0.6) is 11.5 Å². The number of pyridine rings is 2. The number of benzene rings is 2. The molecule has 6 aromatic rings. The summed E-state index contributed by atoms with van der Waals surface area (Å²) in [6, 6.07) is 21.7. The lowest BCUT2D eigenvalue weighted by atomic mass is 9.71. The van der Waals surface area contributed by atoms with Crippen molar-refractivity contribution in [1.82, 2.24) is 30.2 Å². The maximum Gasteiger partial charge on any atom is 0.552 e. The monoisotopic (exact) mass is 872 g/mol. The quantitative estimate of drug-likeness (QED) is 0.104. The van der Waals surface area contributed by atoms with E-state index in [1.165, 1.54) is 5.57 Å². The molecule has 308 valence electrons. The van der Waals surface area contributed by atoms with E-state index in [1.807, 2.05) is 65.7 Å². The maximum absolute atomic E-state index is 13.0. The second-order valence-corrected chi connectivity index (χ2v) is 15.5. The molecule has 0 bridgehead atoms. The molecule has 6 N–H and O–H groups in total. The van der Waals surface area contributed by atoms with Crippen molar-refractivity contribution >= 4 is 76.3 Å². The number of nitrogens with one attached hydrogen (secondary N) is 3. The number of likely N-dealkylation sites (tertiary alicyclic amines) is 1. The number of halogens is 1. The molecule has 0 saturated carbocycles. The minimum absolute atomic E-state index is 0. The molecule has 2 fully saturated rings. The summed E-state index contributed by atoms with van der Waals surface area (Å²) in [5.74, 6) is 5.51. The average Bonchev–Trinajstić information content (AvgIpc) is 3.95. The van der Waals surface area contributed by atoms with Crippen LogP contribution in [0.3, 0.4) is 0 Å². The van der Waals surface area contributed by atoms with Gasteiger partial charge in [-0.3, -0.25) is 4.79 Å². The minimum atomic E-state index is -1.01. The molecule has 2 saturated heterocycles. The van der Waals surface area contributed by atoms with Crippen LogP contribution in [0.1, 0.15) is 58.5 Å². The number of rotatable bonds is 4. The number of nitrogens with zero attached hydrogens (tertiary/aromatic N) is 3. The fraction of sp³-hybridized carbons (Fsp3) is 0.273. The molecular weight excluding hydrogens is 826 g/mol. The molecule has 16 heteroatoms. The van der Waals surface area contributed by atoms with Crippen LogP contribution in [0.15, 0.2) is 110 Å². The lowest BCUT2D eigenvalue weighted by molar-refractivity contribution is 0.0655. The third-order valence-electron chi connectivity index (χ3n) is 11.7. The lowest BCUT2D eigenvalue weighted by Gasteiger charge is -2.40. The first-order valence-electron chi connectivity index (χ1n) is 20.1. The first-order chi connectivity index (χ1) is 28.7. The fourth-order valence-corrected chi connectivity index (χ4v) is 8.58. The first kappa shape index (κ1) is 42.5. The molecule has 0 radical (unpaired) electrons. The maximum atomic E-state index is 13.0. The number of carboxylic acid groups (broad SMARTS) is 1. The van der Waals surface area contributed by atoms with Crippen molar-refractivity contribution in [3.8, 4) is 11.5 Å². The van der Waals surface area contributed by atoms with Crippen LogP contribution in [-0.4, -0.2) is 92.3 Å². The number of fused-ring (bicyclic) bond motifs is 6. The van der Waals surface area contributed by atoms with E-state index in [0.717, 1.165) is 71.2 Å². The Morgan fingerprint density at radius 3 is 1.77 bits per heavy atom. The smallest absolute Gasteiger partial charge is 0.531 e. The molecule has 13 nitrogen and oxygen atoms in total. The number of piperidine rings is 2. The summed E-state index contributed by atoms with van der Waals surface area (Å²) >= 11 is 0. The van der Waals surface area contributed by atoms with Gasteiger partial charge in [-0.15, -0.1) is 17.0 Å². The Morgan fingerprint density at radius 2 is 1.25 bits per heavy atom. The number of amides is 1. The van der Waals surface area contributed by atoms with Gasteiger partial charge in [0.15, 0.2) is 0 Å². The van der Waals surface area contributed by atoms with E-state index in [4.69, 9.17) is 14.4 Å². The highest BCUT2D eigenvalue weighted by molar-refractivity contribution is 8.93. The number of carbonyl (C=O) groups excluding carboxylic acids is 1. The van der Waals surface area contributed by atoms with E-state index in [2.05, 4.69) is 39.1 Å². The van der Waals surface area contributed by atoms with Gasteiger partial charge in [0.25, 0.3) is 5.91 Å². The normalized spacial score (nSPS) is 20.6. The van der Waals surface area contributed by atoms with Crippen LogP contribution in [-0.2, 0) is 0 Å². The highest BCUT2D eigenvalue weighted by atomic mass is 79.9. The molecule has 4 aromatic heterocycles. The van der Waals surface area contributed by atoms with Crippen LogP contribution < -0.4 is 14.6 Å². The lowest BCUT2D eigenvalue weighted by Crippen LogP contribution is -2.44. The van der Waals surface area contributed by atoms with Gasteiger partial charge in [0.1, 0.15) is 22.8 Å². The number of carbonyl (C=O) groups is 2. The van der Waals surface area contributed by atoms with Gasteiger partial charge >= 0.3 is 20.2 Å². The summed E-state index contributed by atoms with van der Waals surface area (Å²) in [7, 11) is -1.90. The fourth-order valence-electron chi connectivity index (χ4n) is 8.58. The van der Waals surface area contributed by atoms with Gasteiger partial charge in [-0.25, -0.2) is 14.8 Å². The molecule has 4 aliphatic heterocycles. The summed E-state index contributed by atoms with van der Waals surface area (Å²) in [5, 5.41) is 34.2. The van der Waals surface area contributed by atoms with Gasteiger partial charge in [0.05, 0.1) is 18.0 Å². The summed E-state index contributed by atoms with van der Waals surface area (Å²) in [6.07, 6.45) is 9.17. The number of hydrogen-bond donors (Lipinski definition) is 6. The first-order valence-corrected chi connectivity index (χ1v) is 20.1. The molecular formula is C44H47B2BrN6O7. The highest BCUT2D eigenvalue weighted by Gasteiger charge is 2.38. The SMILES string of the molecule is Br.C[C@H]1CCN(C(=O)c2ccccc2)C[C@H]1C1=CB(O)Oc2cnc3[nH]ccc3c21.C[C@H]1CCNC[C@H]1C1=CB(O)Oc2cnc3[nH]ccc3c21.O=C(O)c1ccccc1. The Bertz CT molecular complexity index is 2520. The second kappa shape index (κ2) is 18.7. The topological polar surface area (TPSA) is 186 Å². The van der Waals surface area contributed by atoms with Crippen LogP contribution in [0, 0.1) is 23.7 Å². The predicted octanol–water partition coefficient (Wildman–Crippen LogP) is 6.72. The van der Waals surface area contributed by atoms with Crippen molar-refractivity contribution in [3.63, 3.8) is 0 Å². The van der Waals surface area contributed by atoms with Crippen molar-refractivity contribution in [1.29, 1.82) is 0 Å². The zero-order valence-electron chi connectivity index (χ0n) is 33.3. The Kier molecular flexibility index (Phi) is 13.2. The molecule has 1 amide bonds. The Hall–Kier alpha value is -5.67. The van der Waals surface area contributed by atoms with E-state index >= 15 is 0 Å². The molecule has 8 heterocycles. The van der Waals surface area contributed by atoms with Crippen LogP contribution in [0.4, 0.5) is 0 Å². The van der Waals surface area contributed by atoms with E-state index in [1.54, 1.807) is 48.7 Å². The number of H-pyrrole nitrogens is 2. The predicted molar refractivity (Wildman–Crippen MR) is 239 cm³/mol. The Morgan fingerprint density at radius 1 is 0.733 bits per heavy atom. The van der Waals surface area contributed by atoms with Crippen LogP contribution in [0.2, 0.25) is 0 Å². The van der Waals surface area contributed by atoms with Gasteiger partial charge in [-0.1, -0.05) is 50.2 Å². The van der Waals surface area contributed by atoms with Crippen molar-refractivity contribution < 1.29 is 34.1 Å². The number of hydrogen-bond acceptors (Lipinski definition) is 9. The molecule has 0 unspecified atom stereocenters. The second-order valence-electron chi connectivity index (χ2n) is 15.5. The summed E-state index contributed by atoms with van der Waals surface area (Å²) < 4.78 is 11.2. The highest BCUT2D eigenvalue weighted by Crippen LogP contribution is 2.44. The standard InChI is InChI=1S/C22H22BN3O3.C15H18BN3O2.C7H6O2.BrH/c1-14-8-10-26(22(27)15-5-3-2-4-6-15)13-18(14)17-11-23(28)29-19-12-25-21-16(20(17)19)7-9-24-21;1-9-2-4-17-7-12(9)11-6-16(20)21-13-8-19-15-10(14(11)13)3-5-18-15;8-7(9)6-4-2-1-3-5-6;/h2-7,9,11-12,14,18,28H,8,10,13H2,1H3,(H,24,25);3,5-6,8-9,12,17,20H,2,4,7H2,1H3,(H,18,19);1-5H,(H,8,9);1H/t14-,18+;9-,12+;;/m00../s1. The molecule has 0 spiro atoms. The van der Waals surface area contributed by atoms with E-state index in [9.17, 15) is 19.6 Å². The zero-order valence-corrected chi connectivity index (χ0v) is 35.0. The van der Waals surface area contributed by atoms with Crippen molar-refractivity contribution in [2.75, 3.05) is 26.2 Å². The van der Waals surface area contributed by atoms with Gasteiger partial charge in [0, 0.05) is 65.4 Å². The summed E-state index contributed by atoms with van der Waals surface area (Å²) in [6.45, 7) is 7.85. The summed E-state index contributed by atoms with van der Waals surface area (Å²) in [5.41, 5.74) is 6.93. The Labute approximate surface area is 359 Å². The van der Waals surface area contributed by atoms with Crippen molar-refractivity contribution in [3.05, 3.63) is 132 Å². The average molecular weight is 873 g/mol. The van der Waals surface area contributed by atoms with Gasteiger partial charge in [0.2, 0.25) is 0 Å². The van der Waals surface area contributed by atoms with Gasteiger partial charge in [-0.05, 0) is 96.6 Å².